The summed E-state index contributed by atoms with van der Waals surface area (Å²) < 4.78 is 2.14. The van der Waals surface area contributed by atoms with E-state index < -0.39 is 0 Å². The van der Waals surface area contributed by atoms with E-state index in [9.17, 15) is 0 Å². The molecular weight excluding hydrogens is 196 g/mol. The van der Waals surface area contributed by atoms with Gasteiger partial charge in [0, 0.05) is 30.5 Å². The first-order valence-electron chi connectivity index (χ1n) is 5.26. The van der Waals surface area contributed by atoms with Crippen molar-refractivity contribution in [3.63, 3.8) is 0 Å². The van der Waals surface area contributed by atoms with Gasteiger partial charge in [-0.05, 0) is 24.3 Å². The highest BCUT2D eigenvalue weighted by molar-refractivity contribution is 5.53. The number of fused-ring (bicyclic) bond motifs is 1. The summed E-state index contributed by atoms with van der Waals surface area (Å²) >= 11 is 0. The monoisotopic (exact) mass is 207 g/mol. The van der Waals surface area contributed by atoms with Crippen LogP contribution in [0.1, 0.15) is 0 Å². The third-order valence-corrected chi connectivity index (χ3v) is 2.60. The van der Waals surface area contributed by atoms with Gasteiger partial charge in [0.25, 0.3) is 0 Å². The Balaban J connectivity index is 2.32. The Labute approximate surface area is 93.8 Å². The van der Waals surface area contributed by atoms with Gasteiger partial charge in [0.15, 0.2) is 6.20 Å². The number of hydrogen-bond donors (Lipinski definition) is 0. The van der Waals surface area contributed by atoms with Gasteiger partial charge in [-0.25, -0.2) is 4.98 Å². The van der Waals surface area contributed by atoms with Gasteiger partial charge in [0.05, 0.1) is 0 Å². The van der Waals surface area contributed by atoms with Gasteiger partial charge in [-0.1, -0.05) is 6.07 Å². The van der Waals surface area contributed by atoms with E-state index in [2.05, 4.69) is 39.8 Å². The average Bonchev–Trinajstić information content (AvgIpc) is 2.39. The van der Waals surface area contributed by atoms with Crippen molar-refractivity contribution in [2.45, 2.75) is 0 Å². The molecule has 0 bridgehead atoms. The van der Waals surface area contributed by atoms with Gasteiger partial charge in [-0.3, -0.25) is 0 Å². The molecule has 0 unspecified atom stereocenters. The third kappa shape index (κ3) is 1.44. The SMILES string of the molecule is c1ccc(-c2cccc3cccc[n+]23)nc1. The molecular formula is C14H11N2+. The molecule has 0 N–H and O–H groups in total. The molecule has 16 heavy (non-hydrogen) atoms. The van der Waals surface area contributed by atoms with Gasteiger partial charge >= 0.3 is 0 Å². The second kappa shape index (κ2) is 3.74. The minimum Gasteiger partial charge on any atom is -0.250 e. The minimum absolute atomic E-state index is 0.990. The summed E-state index contributed by atoms with van der Waals surface area (Å²) in [7, 11) is 0. The number of nitrogens with zero attached hydrogens (tertiary/aromatic N) is 2. The van der Waals surface area contributed by atoms with E-state index in [0.717, 1.165) is 11.4 Å². The fourth-order valence-corrected chi connectivity index (χ4v) is 1.85. The topological polar surface area (TPSA) is 17.0 Å². The van der Waals surface area contributed by atoms with Crippen molar-refractivity contribution in [2.75, 3.05) is 0 Å². The lowest BCUT2D eigenvalue weighted by Gasteiger charge is -1.98. The molecule has 2 nitrogen and oxygen atoms in total. The Morgan fingerprint density at radius 1 is 0.812 bits per heavy atom. The third-order valence-electron chi connectivity index (χ3n) is 2.60. The summed E-state index contributed by atoms with van der Waals surface area (Å²) in [5.74, 6) is 0. The highest BCUT2D eigenvalue weighted by atomic mass is 14.9. The molecule has 0 fully saturated rings. The zero-order chi connectivity index (χ0) is 10.8. The highest BCUT2D eigenvalue weighted by Gasteiger charge is 2.11. The van der Waals surface area contributed by atoms with Crippen molar-refractivity contribution in [1.82, 2.24) is 4.98 Å². The lowest BCUT2D eigenvalue weighted by Crippen LogP contribution is -2.24. The summed E-state index contributed by atoms with van der Waals surface area (Å²) in [5.41, 5.74) is 3.27. The van der Waals surface area contributed by atoms with E-state index >= 15 is 0 Å². The summed E-state index contributed by atoms with van der Waals surface area (Å²) in [6, 6.07) is 18.3. The van der Waals surface area contributed by atoms with Crippen molar-refractivity contribution < 1.29 is 4.40 Å². The molecule has 2 heteroatoms. The van der Waals surface area contributed by atoms with Crippen LogP contribution in [-0.2, 0) is 0 Å². The van der Waals surface area contributed by atoms with Crippen LogP contribution in [0.25, 0.3) is 16.9 Å². The number of pyridine rings is 3. The van der Waals surface area contributed by atoms with Crippen LogP contribution >= 0.6 is 0 Å². The Kier molecular flexibility index (Phi) is 2.11. The number of aromatic nitrogens is 2. The highest BCUT2D eigenvalue weighted by Crippen LogP contribution is 2.12. The quantitative estimate of drug-likeness (QED) is 0.560. The maximum absolute atomic E-state index is 4.38. The molecule has 0 aromatic carbocycles. The predicted molar refractivity (Wildman–Crippen MR) is 62.8 cm³/mol. The fraction of sp³-hybridized carbons (Fsp3) is 0. The largest absolute Gasteiger partial charge is 0.250 e. The Hall–Kier alpha value is -2.22. The van der Waals surface area contributed by atoms with Gasteiger partial charge in [-0.15, -0.1) is 0 Å². The van der Waals surface area contributed by atoms with E-state index in [1.807, 2.05) is 36.5 Å². The maximum Gasteiger partial charge on any atom is 0.236 e. The molecule has 0 atom stereocenters. The van der Waals surface area contributed by atoms with E-state index in [1.165, 1.54) is 5.52 Å². The van der Waals surface area contributed by atoms with E-state index in [4.69, 9.17) is 0 Å². The molecule has 0 saturated carbocycles. The second-order valence-corrected chi connectivity index (χ2v) is 3.62. The van der Waals surface area contributed by atoms with Crippen LogP contribution in [0.15, 0.2) is 67.0 Å². The Morgan fingerprint density at radius 2 is 1.69 bits per heavy atom. The first kappa shape index (κ1) is 9.04. The zero-order valence-corrected chi connectivity index (χ0v) is 8.75. The van der Waals surface area contributed by atoms with Crippen LogP contribution in [0.3, 0.4) is 0 Å². The van der Waals surface area contributed by atoms with Crippen LogP contribution < -0.4 is 4.40 Å². The van der Waals surface area contributed by atoms with Crippen LogP contribution in [0.2, 0.25) is 0 Å². The first-order valence-corrected chi connectivity index (χ1v) is 5.26. The molecule has 3 aromatic rings. The predicted octanol–water partition coefficient (Wildman–Crippen LogP) is 2.49. The van der Waals surface area contributed by atoms with Crippen molar-refractivity contribution >= 4 is 5.52 Å². The first-order chi connectivity index (χ1) is 7.95. The smallest absolute Gasteiger partial charge is 0.236 e. The second-order valence-electron chi connectivity index (χ2n) is 3.62. The van der Waals surface area contributed by atoms with Crippen molar-refractivity contribution in [3.05, 3.63) is 67.0 Å². The normalized spacial score (nSPS) is 10.5. The fourth-order valence-electron chi connectivity index (χ4n) is 1.85. The summed E-state index contributed by atoms with van der Waals surface area (Å²) in [4.78, 5) is 4.38. The van der Waals surface area contributed by atoms with Gasteiger partial charge < -0.3 is 0 Å². The van der Waals surface area contributed by atoms with Gasteiger partial charge in [0.1, 0.15) is 5.69 Å². The molecule has 0 amide bonds. The van der Waals surface area contributed by atoms with Crippen LogP contribution in [-0.4, -0.2) is 4.98 Å². The lowest BCUT2D eigenvalue weighted by molar-refractivity contribution is -0.499. The molecule has 0 spiro atoms. The standard InChI is InChI=1S/C14H11N2/c1-3-10-15-13(8-1)14-9-5-7-12-6-2-4-11-16(12)14/h1-11H/q+1. The maximum atomic E-state index is 4.38. The van der Waals surface area contributed by atoms with Crippen LogP contribution in [0.5, 0.6) is 0 Å². The van der Waals surface area contributed by atoms with Crippen molar-refractivity contribution in [3.8, 4) is 11.4 Å². The Morgan fingerprint density at radius 3 is 2.56 bits per heavy atom. The van der Waals surface area contributed by atoms with E-state index in [0.29, 0.717) is 0 Å². The number of rotatable bonds is 1. The van der Waals surface area contributed by atoms with Crippen LogP contribution in [0, 0.1) is 0 Å². The lowest BCUT2D eigenvalue weighted by atomic mass is 10.2. The Bertz CT molecular complexity index is 612. The molecule has 0 aliphatic carbocycles. The number of hydrogen-bond acceptors (Lipinski definition) is 1. The van der Waals surface area contributed by atoms with E-state index in [-0.39, 0.29) is 0 Å². The van der Waals surface area contributed by atoms with Crippen molar-refractivity contribution in [1.29, 1.82) is 0 Å². The molecule has 0 radical (unpaired) electrons. The molecule has 0 aliphatic heterocycles. The molecule has 3 rings (SSSR count). The van der Waals surface area contributed by atoms with E-state index in [1.54, 1.807) is 0 Å². The van der Waals surface area contributed by atoms with Gasteiger partial charge in [-0.2, -0.15) is 4.40 Å². The summed E-state index contributed by atoms with van der Waals surface area (Å²) in [6.45, 7) is 0. The summed E-state index contributed by atoms with van der Waals surface area (Å²) in [5, 5.41) is 0. The summed E-state index contributed by atoms with van der Waals surface area (Å²) in [6.07, 6.45) is 3.87. The van der Waals surface area contributed by atoms with Gasteiger partial charge in [0.2, 0.25) is 11.2 Å². The average molecular weight is 207 g/mol. The molecule has 3 heterocycles. The zero-order valence-electron chi connectivity index (χ0n) is 8.75. The molecule has 3 aromatic heterocycles. The molecule has 0 saturated heterocycles. The molecule has 76 valence electrons. The molecule has 0 aliphatic rings. The minimum atomic E-state index is 0.990. The van der Waals surface area contributed by atoms with Crippen LogP contribution in [0.4, 0.5) is 0 Å². The van der Waals surface area contributed by atoms with Crippen molar-refractivity contribution in [2.24, 2.45) is 0 Å².